The van der Waals surface area contributed by atoms with Crippen molar-refractivity contribution in [1.29, 1.82) is 0 Å². The molecule has 0 amide bonds. The first kappa shape index (κ1) is 17.3. The van der Waals surface area contributed by atoms with Crippen molar-refractivity contribution in [3.05, 3.63) is 83.4 Å². The third kappa shape index (κ3) is 2.86. The number of alkyl halides is 3. The third-order valence-electron chi connectivity index (χ3n) is 5.90. The Morgan fingerprint density at radius 3 is 2.07 bits per heavy atom. The highest BCUT2D eigenvalue weighted by Crippen LogP contribution is 2.36. The molecule has 0 atom stereocenters. The van der Waals surface area contributed by atoms with Gasteiger partial charge in [0.2, 0.25) is 0 Å². The zero-order chi connectivity index (χ0) is 19.3. The van der Waals surface area contributed by atoms with Crippen LogP contribution in [-0.2, 0) is 19.0 Å². The van der Waals surface area contributed by atoms with Crippen LogP contribution in [0.1, 0.15) is 29.5 Å². The molecule has 0 aliphatic heterocycles. The van der Waals surface area contributed by atoms with Gasteiger partial charge in [0.25, 0.3) is 0 Å². The van der Waals surface area contributed by atoms with Crippen LogP contribution in [0.3, 0.4) is 0 Å². The van der Waals surface area contributed by atoms with Crippen molar-refractivity contribution in [2.24, 2.45) is 0 Å². The predicted octanol–water partition coefficient (Wildman–Crippen LogP) is 7.56. The normalized spacial score (nSPS) is 14.4. The number of halogens is 3. The summed E-state index contributed by atoms with van der Waals surface area (Å²) in [4.78, 5) is 0. The number of rotatable bonds is 1. The first-order valence-corrected chi connectivity index (χ1v) is 9.65. The second-order valence-electron chi connectivity index (χ2n) is 7.58. The molecule has 140 valence electrons. The van der Waals surface area contributed by atoms with E-state index < -0.39 is 11.7 Å². The molecule has 0 N–H and O–H groups in total. The van der Waals surface area contributed by atoms with E-state index in [2.05, 4.69) is 36.4 Å². The van der Waals surface area contributed by atoms with Crippen molar-refractivity contribution in [1.82, 2.24) is 0 Å². The van der Waals surface area contributed by atoms with Gasteiger partial charge in [0.15, 0.2) is 0 Å². The molecule has 0 aromatic heterocycles. The third-order valence-corrected chi connectivity index (χ3v) is 5.90. The highest BCUT2D eigenvalue weighted by atomic mass is 19.4. The lowest BCUT2D eigenvalue weighted by Gasteiger charge is -2.19. The van der Waals surface area contributed by atoms with Crippen LogP contribution in [0.2, 0.25) is 0 Å². The van der Waals surface area contributed by atoms with Crippen LogP contribution in [-0.4, -0.2) is 0 Å². The van der Waals surface area contributed by atoms with Crippen molar-refractivity contribution in [3.63, 3.8) is 0 Å². The molecular formula is C25H19F3. The largest absolute Gasteiger partial charge is 0.416 e. The minimum absolute atomic E-state index is 0.617. The molecule has 1 aliphatic rings. The van der Waals surface area contributed by atoms with E-state index in [1.807, 2.05) is 6.07 Å². The fourth-order valence-corrected chi connectivity index (χ4v) is 4.42. The molecule has 0 unspecified atom stereocenters. The number of hydrogen-bond donors (Lipinski definition) is 0. The van der Waals surface area contributed by atoms with E-state index in [0.717, 1.165) is 46.9 Å². The molecule has 0 heterocycles. The van der Waals surface area contributed by atoms with E-state index in [0.29, 0.717) is 0 Å². The van der Waals surface area contributed by atoms with Gasteiger partial charge >= 0.3 is 6.18 Å². The van der Waals surface area contributed by atoms with Gasteiger partial charge in [-0.3, -0.25) is 0 Å². The summed E-state index contributed by atoms with van der Waals surface area (Å²) in [5.41, 5.74) is 4.04. The van der Waals surface area contributed by atoms with Gasteiger partial charge in [-0.15, -0.1) is 0 Å². The number of hydrogen-bond acceptors (Lipinski definition) is 0. The van der Waals surface area contributed by atoms with Crippen molar-refractivity contribution in [2.45, 2.75) is 31.9 Å². The molecular weight excluding hydrogens is 357 g/mol. The van der Waals surface area contributed by atoms with Gasteiger partial charge in [-0.25, -0.2) is 0 Å². The molecule has 4 aromatic rings. The Morgan fingerprint density at radius 1 is 0.607 bits per heavy atom. The van der Waals surface area contributed by atoms with E-state index >= 15 is 0 Å². The highest BCUT2D eigenvalue weighted by Gasteiger charge is 2.30. The van der Waals surface area contributed by atoms with Crippen LogP contribution in [0.15, 0.2) is 66.7 Å². The summed E-state index contributed by atoms with van der Waals surface area (Å²) < 4.78 is 38.5. The lowest BCUT2D eigenvalue weighted by Crippen LogP contribution is -2.04. The molecule has 4 aromatic carbocycles. The molecule has 0 spiro atoms. The Bertz CT molecular complexity index is 1180. The van der Waals surface area contributed by atoms with Crippen molar-refractivity contribution < 1.29 is 13.2 Å². The monoisotopic (exact) mass is 376 g/mol. The summed E-state index contributed by atoms with van der Waals surface area (Å²) in [6, 6.07) is 20.4. The minimum Gasteiger partial charge on any atom is -0.166 e. The van der Waals surface area contributed by atoms with Crippen LogP contribution >= 0.6 is 0 Å². The maximum atomic E-state index is 12.8. The molecule has 0 bridgehead atoms. The molecule has 0 saturated heterocycles. The highest BCUT2D eigenvalue weighted by molar-refractivity contribution is 6.10. The second kappa shape index (κ2) is 6.37. The summed E-state index contributed by atoms with van der Waals surface area (Å²) in [5, 5.41) is 4.85. The van der Waals surface area contributed by atoms with Gasteiger partial charge < -0.3 is 0 Å². The lowest BCUT2D eigenvalue weighted by atomic mass is 9.86. The van der Waals surface area contributed by atoms with Crippen molar-refractivity contribution in [2.75, 3.05) is 0 Å². The van der Waals surface area contributed by atoms with Gasteiger partial charge in [-0.1, -0.05) is 48.5 Å². The topological polar surface area (TPSA) is 0 Å². The first-order valence-electron chi connectivity index (χ1n) is 9.65. The van der Waals surface area contributed by atoms with E-state index in [4.69, 9.17) is 0 Å². The molecule has 0 fully saturated rings. The standard InChI is InChI=1S/C25H19F3/c26-25(27,28)20-11-7-16(8-12-20)19-6-5-18-10-13-22-21-4-2-1-3-17(21)9-14-23(22)24(18)15-19/h5-15H,1-4H2. The smallest absolute Gasteiger partial charge is 0.166 e. The average Bonchev–Trinajstić information content (AvgIpc) is 2.72. The van der Waals surface area contributed by atoms with Gasteiger partial charge in [-0.2, -0.15) is 13.2 Å². The summed E-state index contributed by atoms with van der Waals surface area (Å²) in [7, 11) is 0. The number of benzene rings is 4. The Labute approximate surface area is 161 Å². The first-order chi connectivity index (χ1) is 13.5. The van der Waals surface area contributed by atoms with E-state index in [1.165, 1.54) is 34.7 Å². The van der Waals surface area contributed by atoms with Crippen LogP contribution in [0.25, 0.3) is 32.7 Å². The summed E-state index contributed by atoms with van der Waals surface area (Å²) in [6.07, 6.45) is 0.447. The Morgan fingerprint density at radius 2 is 1.29 bits per heavy atom. The summed E-state index contributed by atoms with van der Waals surface area (Å²) >= 11 is 0. The zero-order valence-electron chi connectivity index (χ0n) is 15.3. The summed E-state index contributed by atoms with van der Waals surface area (Å²) in [6.45, 7) is 0. The maximum Gasteiger partial charge on any atom is 0.416 e. The summed E-state index contributed by atoms with van der Waals surface area (Å²) in [5.74, 6) is 0. The zero-order valence-corrected chi connectivity index (χ0v) is 15.3. The van der Waals surface area contributed by atoms with E-state index in [9.17, 15) is 13.2 Å². The molecule has 5 rings (SSSR count). The van der Waals surface area contributed by atoms with E-state index in [1.54, 1.807) is 12.1 Å². The SMILES string of the molecule is FC(F)(F)c1ccc(-c2ccc3ccc4c5c(ccc4c3c2)CCCC5)cc1. The maximum absolute atomic E-state index is 12.8. The average molecular weight is 376 g/mol. The second-order valence-corrected chi connectivity index (χ2v) is 7.58. The predicted molar refractivity (Wildman–Crippen MR) is 109 cm³/mol. The molecule has 0 saturated carbocycles. The van der Waals surface area contributed by atoms with Gasteiger partial charge in [0.1, 0.15) is 0 Å². The molecule has 28 heavy (non-hydrogen) atoms. The van der Waals surface area contributed by atoms with Crippen molar-refractivity contribution in [3.8, 4) is 11.1 Å². The molecule has 0 radical (unpaired) electrons. The van der Waals surface area contributed by atoms with Gasteiger partial charge in [-0.05, 0) is 87.7 Å². The molecule has 1 aliphatic carbocycles. The lowest BCUT2D eigenvalue weighted by molar-refractivity contribution is -0.137. The van der Waals surface area contributed by atoms with Crippen molar-refractivity contribution >= 4 is 21.5 Å². The van der Waals surface area contributed by atoms with Gasteiger partial charge in [0, 0.05) is 0 Å². The fraction of sp³-hybridized carbons (Fsp3) is 0.200. The Hall–Kier alpha value is -2.81. The number of fused-ring (bicyclic) bond motifs is 5. The number of aryl methyl sites for hydroxylation is 2. The van der Waals surface area contributed by atoms with Crippen LogP contribution in [0.4, 0.5) is 13.2 Å². The van der Waals surface area contributed by atoms with Crippen LogP contribution in [0, 0.1) is 0 Å². The van der Waals surface area contributed by atoms with Crippen LogP contribution in [0.5, 0.6) is 0 Å². The van der Waals surface area contributed by atoms with Crippen LogP contribution < -0.4 is 0 Å². The minimum atomic E-state index is -4.31. The van der Waals surface area contributed by atoms with E-state index in [-0.39, 0.29) is 0 Å². The Kier molecular flexibility index (Phi) is 3.94. The Balaban J connectivity index is 1.66. The quantitative estimate of drug-likeness (QED) is 0.301. The fourth-order valence-electron chi connectivity index (χ4n) is 4.42. The molecule has 3 heteroatoms. The molecule has 0 nitrogen and oxygen atoms in total. The van der Waals surface area contributed by atoms with Gasteiger partial charge in [0.05, 0.1) is 5.56 Å².